The van der Waals surface area contributed by atoms with Crippen LogP contribution in [-0.4, -0.2) is 17.8 Å². The number of halogens is 1. The summed E-state index contributed by atoms with van der Waals surface area (Å²) in [7, 11) is 0. The van der Waals surface area contributed by atoms with Gasteiger partial charge in [0.1, 0.15) is 5.82 Å². The second-order valence-corrected chi connectivity index (χ2v) is 5.12. The molecule has 0 saturated carbocycles. The normalized spacial score (nSPS) is 14.6. The largest absolute Gasteiger partial charge is 0.396 e. The summed E-state index contributed by atoms with van der Waals surface area (Å²) >= 11 is 0. The standard InChI is InChI=1S/C15H24FNO/c1-10-8-14(9-11(2)15(10)16)13(4)17-12(3)6-5-7-18/h8-9,12-13,17-18H,5-7H2,1-4H3. The molecule has 0 amide bonds. The highest BCUT2D eigenvalue weighted by Crippen LogP contribution is 2.20. The minimum atomic E-state index is -0.112. The molecule has 1 rings (SSSR count). The number of rotatable bonds is 6. The average molecular weight is 253 g/mol. The first-order valence-electron chi connectivity index (χ1n) is 6.59. The van der Waals surface area contributed by atoms with Crippen LogP contribution in [0.25, 0.3) is 0 Å². The Morgan fingerprint density at radius 2 is 1.78 bits per heavy atom. The predicted octanol–water partition coefficient (Wildman–Crippen LogP) is 3.25. The van der Waals surface area contributed by atoms with Gasteiger partial charge in [-0.3, -0.25) is 0 Å². The van der Waals surface area contributed by atoms with Crippen LogP contribution in [0.3, 0.4) is 0 Å². The number of hydrogen-bond acceptors (Lipinski definition) is 2. The molecule has 0 bridgehead atoms. The van der Waals surface area contributed by atoms with E-state index in [4.69, 9.17) is 5.11 Å². The van der Waals surface area contributed by atoms with E-state index in [1.165, 1.54) is 0 Å². The van der Waals surface area contributed by atoms with Gasteiger partial charge in [0.05, 0.1) is 0 Å². The first-order valence-corrected chi connectivity index (χ1v) is 6.59. The Morgan fingerprint density at radius 3 is 2.28 bits per heavy atom. The maximum atomic E-state index is 13.6. The van der Waals surface area contributed by atoms with Crippen LogP contribution in [0.5, 0.6) is 0 Å². The van der Waals surface area contributed by atoms with E-state index in [0.717, 1.165) is 18.4 Å². The van der Waals surface area contributed by atoms with Crippen molar-refractivity contribution in [3.8, 4) is 0 Å². The molecular weight excluding hydrogens is 229 g/mol. The Labute approximate surface area is 109 Å². The summed E-state index contributed by atoms with van der Waals surface area (Å²) in [6.07, 6.45) is 1.75. The fourth-order valence-electron chi connectivity index (χ4n) is 2.23. The van der Waals surface area contributed by atoms with Crippen molar-refractivity contribution in [3.05, 3.63) is 34.6 Å². The fraction of sp³-hybridized carbons (Fsp3) is 0.600. The molecule has 18 heavy (non-hydrogen) atoms. The topological polar surface area (TPSA) is 32.3 Å². The molecule has 0 saturated heterocycles. The molecule has 0 aromatic heterocycles. The first-order chi connectivity index (χ1) is 8.45. The fourth-order valence-corrected chi connectivity index (χ4v) is 2.23. The minimum absolute atomic E-state index is 0.112. The Morgan fingerprint density at radius 1 is 1.22 bits per heavy atom. The Balaban J connectivity index is 2.69. The second-order valence-electron chi connectivity index (χ2n) is 5.12. The number of nitrogens with one attached hydrogen (secondary N) is 1. The zero-order valence-corrected chi connectivity index (χ0v) is 11.8. The average Bonchev–Trinajstić information content (AvgIpc) is 2.32. The van der Waals surface area contributed by atoms with E-state index in [-0.39, 0.29) is 18.5 Å². The lowest BCUT2D eigenvalue weighted by Gasteiger charge is -2.21. The van der Waals surface area contributed by atoms with Gasteiger partial charge in [0.15, 0.2) is 0 Å². The summed E-state index contributed by atoms with van der Waals surface area (Å²) in [5, 5.41) is 12.3. The summed E-state index contributed by atoms with van der Waals surface area (Å²) in [5.41, 5.74) is 2.51. The number of aryl methyl sites for hydroxylation is 2. The maximum Gasteiger partial charge on any atom is 0.129 e. The van der Waals surface area contributed by atoms with Gasteiger partial charge in [-0.15, -0.1) is 0 Å². The van der Waals surface area contributed by atoms with Gasteiger partial charge >= 0.3 is 0 Å². The molecule has 0 aliphatic carbocycles. The first kappa shape index (κ1) is 15.1. The van der Waals surface area contributed by atoms with Crippen molar-refractivity contribution in [2.45, 2.75) is 52.6 Å². The van der Waals surface area contributed by atoms with Crippen LogP contribution < -0.4 is 5.32 Å². The quantitative estimate of drug-likeness (QED) is 0.815. The molecule has 0 spiro atoms. The second kappa shape index (κ2) is 6.86. The Bertz CT molecular complexity index is 369. The van der Waals surface area contributed by atoms with Crippen molar-refractivity contribution < 1.29 is 9.50 Å². The van der Waals surface area contributed by atoms with Gasteiger partial charge in [-0.05, 0) is 57.2 Å². The molecule has 3 heteroatoms. The highest BCUT2D eigenvalue weighted by molar-refractivity contribution is 5.32. The van der Waals surface area contributed by atoms with Crippen LogP contribution in [0, 0.1) is 19.7 Å². The van der Waals surface area contributed by atoms with Gasteiger partial charge in [0, 0.05) is 18.7 Å². The summed E-state index contributed by atoms with van der Waals surface area (Å²) in [4.78, 5) is 0. The van der Waals surface area contributed by atoms with Gasteiger partial charge < -0.3 is 10.4 Å². The third-order valence-corrected chi connectivity index (χ3v) is 3.29. The molecule has 2 atom stereocenters. The van der Waals surface area contributed by atoms with E-state index < -0.39 is 0 Å². The van der Waals surface area contributed by atoms with E-state index in [9.17, 15) is 4.39 Å². The molecule has 1 aromatic carbocycles. The van der Waals surface area contributed by atoms with E-state index in [1.54, 1.807) is 13.8 Å². The summed E-state index contributed by atoms with van der Waals surface area (Å²) in [6, 6.07) is 4.34. The van der Waals surface area contributed by atoms with Crippen molar-refractivity contribution >= 4 is 0 Å². The maximum absolute atomic E-state index is 13.6. The Hall–Kier alpha value is -0.930. The number of benzene rings is 1. The molecule has 0 fully saturated rings. The summed E-state index contributed by atoms with van der Waals surface area (Å²) in [6.45, 7) is 8.02. The lowest BCUT2D eigenvalue weighted by Crippen LogP contribution is -2.29. The molecule has 0 heterocycles. The van der Waals surface area contributed by atoms with Crippen LogP contribution in [-0.2, 0) is 0 Å². The van der Waals surface area contributed by atoms with Gasteiger partial charge in [0.25, 0.3) is 0 Å². The van der Waals surface area contributed by atoms with E-state index >= 15 is 0 Å². The smallest absolute Gasteiger partial charge is 0.129 e. The summed E-state index contributed by atoms with van der Waals surface area (Å²) in [5.74, 6) is -0.112. The molecule has 0 aliphatic heterocycles. The Kier molecular flexibility index (Phi) is 5.76. The van der Waals surface area contributed by atoms with Gasteiger partial charge in [-0.1, -0.05) is 12.1 Å². The van der Waals surface area contributed by atoms with Crippen LogP contribution in [0.2, 0.25) is 0 Å². The van der Waals surface area contributed by atoms with Crippen LogP contribution in [0.1, 0.15) is 49.4 Å². The van der Waals surface area contributed by atoms with Gasteiger partial charge in [-0.25, -0.2) is 4.39 Å². The minimum Gasteiger partial charge on any atom is -0.396 e. The van der Waals surface area contributed by atoms with Crippen molar-refractivity contribution in [2.24, 2.45) is 0 Å². The van der Waals surface area contributed by atoms with Crippen LogP contribution >= 0.6 is 0 Å². The molecule has 102 valence electrons. The lowest BCUT2D eigenvalue weighted by molar-refractivity contribution is 0.274. The van der Waals surface area contributed by atoms with E-state index in [0.29, 0.717) is 17.2 Å². The van der Waals surface area contributed by atoms with Crippen molar-refractivity contribution in [2.75, 3.05) is 6.61 Å². The highest BCUT2D eigenvalue weighted by Gasteiger charge is 2.12. The van der Waals surface area contributed by atoms with Gasteiger partial charge in [0.2, 0.25) is 0 Å². The van der Waals surface area contributed by atoms with E-state index in [2.05, 4.69) is 19.2 Å². The van der Waals surface area contributed by atoms with Crippen molar-refractivity contribution in [3.63, 3.8) is 0 Å². The zero-order chi connectivity index (χ0) is 13.7. The molecule has 0 radical (unpaired) electrons. The number of aliphatic hydroxyl groups excluding tert-OH is 1. The molecule has 2 unspecified atom stereocenters. The van der Waals surface area contributed by atoms with Crippen LogP contribution in [0.4, 0.5) is 4.39 Å². The molecule has 2 N–H and O–H groups in total. The highest BCUT2D eigenvalue weighted by atomic mass is 19.1. The van der Waals surface area contributed by atoms with Crippen LogP contribution in [0.15, 0.2) is 12.1 Å². The van der Waals surface area contributed by atoms with Crippen molar-refractivity contribution in [1.82, 2.24) is 5.32 Å². The SMILES string of the molecule is Cc1cc(C(C)NC(C)CCCO)cc(C)c1F. The summed E-state index contributed by atoms with van der Waals surface area (Å²) < 4.78 is 13.6. The number of hydrogen-bond donors (Lipinski definition) is 2. The van der Waals surface area contributed by atoms with Crippen molar-refractivity contribution in [1.29, 1.82) is 0 Å². The van der Waals surface area contributed by atoms with E-state index in [1.807, 2.05) is 12.1 Å². The molecule has 0 aliphatic rings. The van der Waals surface area contributed by atoms with Gasteiger partial charge in [-0.2, -0.15) is 0 Å². The third kappa shape index (κ3) is 4.07. The molecule has 2 nitrogen and oxygen atoms in total. The molecular formula is C15H24FNO. The zero-order valence-electron chi connectivity index (χ0n) is 11.8. The predicted molar refractivity (Wildman–Crippen MR) is 73.2 cm³/mol. The monoisotopic (exact) mass is 253 g/mol. The third-order valence-electron chi connectivity index (χ3n) is 3.29. The number of aliphatic hydroxyl groups is 1. The molecule has 1 aromatic rings. The lowest BCUT2D eigenvalue weighted by atomic mass is 10.0.